The number of nitrogens with two attached hydrogens (primary N) is 1. The van der Waals surface area contributed by atoms with Gasteiger partial charge in [-0.05, 0) is 43.7 Å². The van der Waals surface area contributed by atoms with Crippen LogP contribution < -0.4 is 15.2 Å². The summed E-state index contributed by atoms with van der Waals surface area (Å²) in [4.78, 5) is 0. The van der Waals surface area contributed by atoms with Gasteiger partial charge < -0.3 is 15.2 Å². The number of amidine groups is 1. The Morgan fingerprint density at radius 1 is 1.25 bits per heavy atom. The van der Waals surface area contributed by atoms with Gasteiger partial charge in [0, 0.05) is 11.6 Å². The second-order valence-electron chi connectivity index (χ2n) is 5.42. The molecule has 0 aliphatic heterocycles. The van der Waals surface area contributed by atoms with Crippen LogP contribution in [-0.4, -0.2) is 19.0 Å². The third-order valence-corrected chi connectivity index (χ3v) is 4.08. The Bertz CT molecular complexity index is 474. The van der Waals surface area contributed by atoms with Crippen molar-refractivity contribution in [3.05, 3.63) is 23.8 Å². The van der Waals surface area contributed by atoms with Crippen LogP contribution in [0.4, 0.5) is 0 Å². The molecule has 2 rings (SSSR count). The van der Waals surface area contributed by atoms with Gasteiger partial charge >= 0.3 is 0 Å². The number of benzene rings is 1. The van der Waals surface area contributed by atoms with Gasteiger partial charge in [0.15, 0.2) is 0 Å². The predicted octanol–water partition coefficient (Wildman–Crippen LogP) is 3.33. The lowest BCUT2D eigenvalue weighted by Gasteiger charge is -2.31. The molecule has 1 fully saturated rings. The fraction of sp³-hybridized carbons (Fsp3) is 0.562. The van der Waals surface area contributed by atoms with E-state index in [0.29, 0.717) is 17.2 Å². The Labute approximate surface area is 120 Å². The largest absolute Gasteiger partial charge is 0.497 e. The molecular weight excluding hydrogens is 252 g/mol. The summed E-state index contributed by atoms with van der Waals surface area (Å²) in [5.41, 5.74) is 6.21. The maximum atomic E-state index is 7.57. The van der Waals surface area contributed by atoms with E-state index in [9.17, 15) is 0 Å². The van der Waals surface area contributed by atoms with Crippen LogP contribution >= 0.6 is 0 Å². The molecule has 4 heteroatoms. The SMILES string of the molecule is CCC1CCCCC1Oc1cc(OC)cc(C(=N)N)c1. The zero-order valence-corrected chi connectivity index (χ0v) is 12.3. The highest BCUT2D eigenvalue weighted by Gasteiger charge is 2.25. The molecule has 0 heterocycles. The van der Waals surface area contributed by atoms with Crippen molar-refractivity contribution >= 4 is 5.84 Å². The lowest BCUT2D eigenvalue weighted by Crippen LogP contribution is -2.30. The third-order valence-electron chi connectivity index (χ3n) is 4.08. The number of rotatable bonds is 5. The van der Waals surface area contributed by atoms with Crippen LogP contribution in [0.5, 0.6) is 11.5 Å². The molecule has 3 N–H and O–H groups in total. The van der Waals surface area contributed by atoms with Gasteiger partial charge in [0.25, 0.3) is 0 Å². The summed E-state index contributed by atoms with van der Waals surface area (Å²) in [7, 11) is 1.61. The maximum Gasteiger partial charge on any atom is 0.124 e. The minimum absolute atomic E-state index is 0.0319. The summed E-state index contributed by atoms with van der Waals surface area (Å²) in [6.07, 6.45) is 6.28. The van der Waals surface area contributed by atoms with Gasteiger partial charge in [-0.1, -0.05) is 13.3 Å². The molecule has 2 atom stereocenters. The summed E-state index contributed by atoms with van der Waals surface area (Å²) >= 11 is 0. The zero-order chi connectivity index (χ0) is 14.5. The van der Waals surface area contributed by atoms with E-state index in [2.05, 4.69) is 6.92 Å². The molecule has 0 aromatic heterocycles. The fourth-order valence-corrected chi connectivity index (χ4v) is 2.88. The van der Waals surface area contributed by atoms with Crippen molar-refractivity contribution in [1.29, 1.82) is 5.41 Å². The van der Waals surface area contributed by atoms with E-state index in [1.165, 1.54) is 19.3 Å². The lowest BCUT2D eigenvalue weighted by atomic mass is 9.85. The summed E-state index contributed by atoms with van der Waals surface area (Å²) in [5.74, 6) is 2.08. The molecule has 1 aliphatic rings. The normalized spacial score (nSPS) is 22.3. The first-order valence-corrected chi connectivity index (χ1v) is 7.34. The van der Waals surface area contributed by atoms with Gasteiger partial charge in [0.05, 0.1) is 7.11 Å². The van der Waals surface area contributed by atoms with Crippen LogP contribution in [0.1, 0.15) is 44.6 Å². The van der Waals surface area contributed by atoms with Crippen molar-refractivity contribution < 1.29 is 9.47 Å². The zero-order valence-electron chi connectivity index (χ0n) is 12.3. The average Bonchev–Trinajstić information content (AvgIpc) is 2.47. The molecule has 0 saturated heterocycles. The molecule has 2 unspecified atom stereocenters. The third kappa shape index (κ3) is 3.44. The lowest BCUT2D eigenvalue weighted by molar-refractivity contribution is 0.0901. The summed E-state index contributed by atoms with van der Waals surface area (Å²) in [5, 5.41) is 7.57. The van der Waals surface area contributed by atoms with Crippen molar-refractivity contribution in [3.63, 3.8) is 0 Å². The quantitative estimate of drug-likeness (QED) is 0.640. The summed E-state index contributed by atoms with van der Waals surface area (Å²) < 4.78 is 11.4. The highest BCUT2D eigenvalue weighted by Crippen LogP contribution is 2.32. The van der Waals surface area contributed by atoms with E-state index in [4.69, 9.17) is 20.6 Å². The molecule has 1 aromatic rings. The highest BCUT2D eigenvalue weighted by atomic mass is 16.5. The van der Waals surface area contributed by atoms with Gasteiger partial charge in [0.2, 0.25) is 0 Å². The van der Waals surface area contributed by atoms with Gasteiger partial charge in [-0.25, -0.2) is 0 Å². The topological polar surface area (TPSA) is 68.3 Å². The Hall–Kier alpha value is -1.71. The molecule has 1 saturated carbocycles. The van der Waals surface area contributed by atoms with E-state index in [1.807, 2.05) is 12.1 Å². The van der Waals surface area contributed by atoms with Crippen molar-refractivity contribution in [2.45, 2.75) is 45.1 Å². The average molecular weight is 276 g/mol. The van der Waals surface area contributed by atoms with Gasteiger partial charge in [-0.3, -0.25) is 5.41 Å². The van der Waals surface area contributed by atoms with Crippen LogP contribution in [-0.2, 0) is 0 Å². The molecule has 20 heavy (non-hydrogen) atoms. The molecule has 0 radical (unpaired) electrons. The maximum absolute atomic E-state index is 7.57. The Morgan fingerprint density at radius 3 is 2.60 bits per heavy atom. The van der Waals surface area contributed by atoms with Crippen molar-refractivity contribution in [1.82, 2.24) is 0 Å². The van der Waals surface area contributed by atoms with Crippen molar-refractivity contribution in [3.8, 4) is 11.5 Å². The molecular formula is C16H24N2O2. The number of nitrogens with one attached hydrogen (secondary N) is 1. The summed E-state index contributed by atoms with van der Waals surface area (Å²) in [6, 6.07) is 5.45. The molecule has 0 bridgehead atoms. The second-order valence-corrected chi connectivity index (χ2v) is 5.42. The van der Waals surface area contributed by atoms with Crippen molar-refractivity contribution in [2.24, 2.45) is 11.7 Å². The van der Waals surface area contributed by atoms with Crippen LogP contribution in [0.2, 0.25) is 0 Å². The molecule has 1 aliphatic carbocycles. The van der Waals surface area contributed by atoms with Gasteiger partial charge in [0.1, 0.15) is 23.4 Å². The second kappa shape index (κ2) is 6.64. The first kappa shape index (κ1) is 14.7. The molecule has 0 amide bonds. The van der Waals surface area contributed by atoms with Crippen molar-refractivity contribution in [2.75, 3.05) is 7.11 Å². The van der Waals surface area contributed by atoms with Gasteiger partial charge in [-0.2, -0.15) is 0 Å². The standard InChI is InChI=1S/C16H24N2O2/c1-3-11-6-4-5-7-15(11)20-14-9-12(16(17)18)8-13(10-14)19-2/h8-11,15H,3-7H2,1-2H3,(H3,17,18). The Morgan fingerprint density at radius 2 is 1.95 bits per heavy atom. The van der Waals surface area contributed by atoms with Crippen LogP contribution in [0.25, 0.3) is 0 Å². The number of hydrogen-bond acceptors (Lipinski definition) is 3. The smallest absolute Gasteiger partial charge is 0.124 e. The van der Waals surface area contributed by atoms with Crippen LogP contribution in [0.15, 0.2) is 18.2 Å². The van der Waals surface area contributed by atoms with E-state index in [1.54, 1.807) is 13.2 Å². The number of methoxy groups -OCH3 is 1. The van der Waals surface area contributed by atoms with Crippen LogP contribution in [0.3, 0.4) is 0 Å². The first-order valence-electron chi connectivity index (χ1n) is 7.34. The monoisotopic (exact) mass is 276 g/mol. The molecule has 4 nitrogen and oxygen atoms in total. The van der Waals surface area contributed by atoms with E-state index >= 15 is 0 Å². The Balaban J connectivity index is 2.18. The number of ether oxygens (including phenoxy) is 2. The number of nitrogen functional groups attached to an aromatic ring is 1. The minimum Gasteiger partial charge on any atom is -0.497 e. The predicted molar refractivity (Wildman–Crippen MR) is 80.7 cm³/mol. The molecule has 0 spiro atoms. The van der Waals surface area contributed by atoms with Crippen LogP contribution in [0, 0.1) is 11.3 Å². The van der Waals surface area contributed by atoms with E-state index in [0.717, 1.165) is 18.6 Å². The Kier molecular flexibility index (Phi) is 4.88. The first-order chi connectivity index (χ1) is 9.63. The molecule has 110 valence electrons. The molecule has 1 aromatic carbocycles. The van der Waals surface area contributed by atoms with E-state index in [-0.39, 0.29) is 11.9 Å². The van der Waals surface area contributed by atoms with E-state index < -0.39 is 0 Å². The fourth-order valence-electron chi connectivity index (χ4n) is 2.88. The minimum atomic E-state index is 0.0319. The highest BCUT2D eigenvalue weighted by molar-refractivity contribution is 5.95. The van der Waals surface area contributed by atoms with Gasteiger partial charge in [-0.15, -0.1) is 0 Å². The summed E-state index contributed by atoms with van der Waals surface area (Å²) in [6.45, 7) is 2.22. The number of hydrogen-bond donors (Lipinski definition) is 2.